The molecule has 3 aromatic heterocycles. The lowest BCUT2D eigenvalue weighted by Crippen LogP contribution is -2.05. The van der Waals surface area contributed by atoms with E-state index >= 15 is 0 Å². The third kappa shape index (κ3) is 3.48. The van der Waals surface area contributed by atoms with E-state index in [-0.39, 0.29) is 29.4 Å². The molecule has 0 fully saturated rings. The lowest BCUT2D eigenvalue weighted by atomic mass is 10.1. The molecule has 0 unspecified atom stereocenters. The summed E-state index contributed by atoms with van der Waals surface area (Å²) >= 11 is 0. The number of nitrogens with zero attached hydrogens (tertiary/aromatic N) is 6. The Morgan fingerprint density at radius 2 is 1.51 bits per heavy atom. The Labute approximate surface area is 198 Å². The summed E-state index contributed by atoms with van der Waals surface area (Å²) in [5.41, 5.74) is 3.14. The van der Waals surface area contributed by atoms with Gasteiger partial charge in [0, 0.05) is 12.6 Å². The fraction of sp³-hybridized carbons (Fsp3) is 0.0769. The molecule has 6 aromatic rings. The van der Waals surface area contributed by atoms with Crippen molar-refractivity contribution in [2.24, 2.45) is 7.05 Å². The van der Waals surface area contributed by atoms with E-state index in [1.54, 1.807) is 36.4 Å². The Kier molecular flexibility index (Phi) is 4.95. The van der Waals surface area contributed by atoms with Gasteiger partial charge in [0.25, 0.3) is 0 Å². The maximum atomic E-state index is 14.9. The molecule has 0 aliphatic carbocycles. The smallest absolute Gasteiger partial charge is 0.242 e. The van der Waals surface area contributed by atoms with E-state index in [4.69, 9.17) is 4.74 Å². The second kappa shape index (κ2) is 8.28. The molecule has 0 amide bonds. The average Bonchev–Trinajstić information content (AvgIpc) is 3.41. The van der Waals surface area contributed by atoms with Crippen LogP contribution in [0.1, 0.15) is 5.82 Å². The van der Waals surface area contributed by atoms with Gasteiger partial charge in [-0.05, 0) is 30.3 Å². The number of hydrogen-bond donors (Lipinski definition) is 0. The zero-order chi connectivity index (χ0) is 23.9. The number of imidazole rings is 1. The maximum absolute atomic E-state index is 14.9. The van der Waals surface area contributed by atoms with Crippen molar-refractivity contribution in [2.45, 2.75) is 6.61 Å². The highest BCUT2D eigenvalue weighted by atomic mass is 19.1. The van der Waals surface area contributed by atoms with Crippen LogP contribution >= 0.6 is 0 Å². The summed E-state index contributed by atoms with van der Waals surface area (Å²) < 4.78 is 39.0. The van der Waals surface area contributed by atoms with Crippen LogP contribution in [0.5, 0.6) is 5.88 Å². The van der Waals surface area contributed by atoms with Crippen molar-refractivity contribution in [3.8, 4) is 28.4 Å². The first-order chi connectivity index (χ1) is 17.1. The lowest BCUT2D eigenvalue weighted by Gasteiger charge is -2.07. The van der Waals surface area contributed by atoms with E-state index in [0.717, 1.165) is 11.0 Å². The number of aromatic nitrogens is 6. The largest absolute Gasteiger partial charge is 0.468 e. The number of halogens is 2. The molecular weight excluding hydrogens is 450 g/mol. The second-order valence-electron chi connectivity index (χ2n) is 7.97. The van der Waals surface area contributed by atoms with Crippen LogP contribution in [0.2, 0.25) is 0 Å². The van der Waals surface area contributed by atoms with Crippen LogP contribution in [0.25, 0.3) is 39.1 Å². The number of aryl methyl sites for hydroxylation is 1. The standard InChI is InChI=1S/C26H18F2N6O/c1-33-21-13-7-6-12-20(21)30-23(33)15-35-26-24(16-8-2-4-10-18(16)27)22-14-29-31-25(34(22)32-26)17-9-3-5-11-19(17)28/h2-14H,15H2,1H3. The SMILES string of the molecule is Cn1c(COc2nn3c(-c4ccccc4F)nncc3c2-c2ccccc2F)nc2ccccc21. The number of ether oxygens (including phenoxy) is 1. The van der Waals surface area contributed by atoms with Crippen molar-refractivity contribution in [2.75, 3.05) is 0 Å². The van der Waals surface area contributed by atoms with Crippen molar-refractivity contribution in [3.05, 3.63) is 96.5 Å². The summed E-state index contributed by atoms with van der Waals surface area (Å²) in [4.78, 5) is 4.63. The van der Waals surface area contributed by atoms with E-state index < -0.39 is 11.6 Å². The molecule has 7 nitrogen and oxygen atoms in total. The normalized spacial score (nSPS) is 11.4. The van der Waals surface area contributed by atoms with Crippen molar-refractivity contribution in [1.82, 2.24) is 29.4 Å². The molecule has 0 atom stereocenters. The zero-order valence-corrected chi connectivity index (χ0v) is 18.6. The monoisotopic (exact) mass is 468 g/mol. The average molecular weight is 468 g/mol. The Morgan fingerprint density at radius 3 is 2.26 bits per heavy atom. The summed E-state index contributed by atoms with van der Waals surface area (Å²) in [5.74, 6) is 0.0947. The van der Waals surface area contributed by atoms with Gasteiger partial charge in [0.2, 0.25) is 5.88 Å². The minimum absolute atomic E-state index is 0.0897. The first-order valence-corrected chi connectivity index (χ1v) is 10.9. The predicted molar refractivity (Wildman–Crippen MR) is 127 cm³/mol. The zero-order valence-electron chi connectivity index (χ0n) is 18.6. The van der Waals surface area contributed by atoms with Gasteiger partial charge in [0.05, 0.1) is 28.4 Å². The quantitative estimate of drug-likeness (QED) is 0.348. The van der Waals surface area contributed by atoms with Crippen LogP contribution < -0.4 is 4.74 Å². The molecule has 0 bridgehead atoms. The minimum Gasteiger partial charge on any atom is -0.468 e. The highest BCUT2D eigenvalue weighted by Gasteiger charge is 2.23. The molecule has 6 rings (SSSR count). The van der Waals surface area contributed by atoms with E-state index in [0.29, 0.717) is 16.9 Å². The van der Waals surface area contributed by atoms with E-state index in [2.05, 4.69) is 20.3 Å². The van der Waals surface area contributed by atoms with E-state index in [9.17, 15) is 8.78 Å². The van der Waals surface area contributed by atoms with Crippen LogP contribution in [-0.4, -0.2) is 29.4 Å². The van der Waals surface area contributed by atoms with Crippen LogP contribution in [0.4, 0.5) is 8.78 Å². The Hall–Kier alpha value is -4.66. The second-order valence-corrected chi connectivity index (χ2v) is 7.97. The molecule has 0 saturated carbocycles. The third-order valence-electron chi connectivity index (χ3n) is 5.90. The third-order valence-corrected chi connectivity index (χ3v) is 5.90. The molecular formula is C26H18F2N6O. The van der Waals surface area contributed by atoms with Gasteiger partial charge in [0.15, 0.2) is 5.82 Å². The van der Waals surface area contributed by atoms with Gasteiger partial charge in [-0.15, -0.1) is 10.2 Å². The lowest BCUT2D eigenvalue weighted by molar-refractivity contribution is 0.280. The van der Waals surface area contributed by atoms with Gasteiger partial charge in [0.1, 0.15) is 29.6 Å². The van der Waals surface area contributed by atoms with Gasteiger partial charge in [-0.3, -0.25) is 0 Å². The van der Waals surface area contributed by atoms with Crippen molar-refractivity contribution in [3.63, 3.8) is 0 Å². The molecule has 0 saturated heterocycles. The predicted octanol–water partition coefficient (Wildman–Crippen LogP) is 5.20. The van der Waals surface area contributed by atoms with Crippen LogP contribution in [0.15, 0.2) is 79.0 Å². The van der Waals surface area contributed by atoms with Gasteiger partial charge in [-0.2, -0.15) is 5.10 Å². The molecule has 0 spiro atoms. The fourth-order valence-corrected chi connectivity index (χ4v) is 4.16. The van der Waals surface area contributed by atoms with E-state index in [1.807, 2.05) is 35.9 Å². The summed E-state index contributed by atoms with van der Waals surface area (Å²) in [6.45, 7) is 0.0897. The van der Waals surface area contributed by atoms with Crippen LogP contribution in [0, 0.1) is 11.6 Å². The van der Waals surface area contributed by atoms with E-state index in [1.165, 1.54) is 22.8 Å². The number of benzene rings is 3. The molecule has 9 heteroatoms. The molecule has 0 aliphatic heterocycles. The van der Waals surface area contributed by atoms with Gasteiger partial charge < -0.3 is 9.30 Å². The maximum Gasteiger partial charge on any atom is 0.242 e. The minimum atomic E-state index is -0.473. The highest BCUT2D eigenvalue weighted by molar-refractivity contribution is 5.85. The van der Waals surface area contributed by atoms with Crippen molar-refractivity contribution >= 4 is 16.6 Å². The Balaban J connectivity index is 1.51. The summed E-state index contributed by atoms with van der Waals surface area (Å²) in [5, 5.41) is 12.7. The number of rotatable bonds is 5. The Morgan fingerprint density at radius 1 is 0.829 bits per heavy atom. The molecule has 35 heavy (non-hydrogen) atoms. The van der Waals surface area contributed by atoms with Gasteiger partial charge in [-0.25, -0.2) is 18.3 Å². The highest BCUT2D eigenvalue weighted by Crippen LogP contribution is 2.37. The Bertz CT molecular complexity index is 1710. The summed E-state index contributed by atoms with van der Waals surface area (Å²) in [6, 6.07) is 20.3. The van der Waals surface area contributed by atoms with Crippen molar-refractivity contribution < 1.29 is 13.5 Å². The van der Waals surface area contributed by atoms with Crippen LogP contribution in [-0.2, 0) is 13.7 Å². The molecule has 172 valence electrons. The molecule has 0 N–H and O–H groups in total. The van der Waals surface area contributed by atoms with Crippen LogP contribution in [0.3, 0.4) is 0 Å². The molecule has 0 aliphatic rings. The first-order valence-electron chi connectivity index (χ1n) is 10.9. The van der Waals surface area contributed by atoms with Gasteiger partial charge in [-0.1, -0.05) is 42.5 Å². The summed E-state index contributed by atoms with van der Waals surface area (Å²) in [6.07, 6.45) is 1.46. The molecule has 3 aromatic carbocycles. The topological polar surface area (TPSA) is 70.1 Å². The molecule has 0 radical (unpaired) electrons. The first kappa shape index (κ1) is 20.9. The number of fused-ring (bicyclic) bond motifs is 2. The summed E-state index contributed by atoms with van der Waals surface area (Å²) in [7, 11) is 1.90. The molecule has 3 heterocycles. The number of para-hydroxylation sites is 2. The van der Waals surface area contributed by atoms with Gasteiger partial charge >= 0.3 is 0 Å². The fourth-order valence-electron chi connectivity index (χ4n) is 4.16. The van der Waals surface area contributed by atoms with Crippen molar-refractivity contribution in [1.29, 1.82) is 0 Å². The number of hydrogen-bond acceptors (Lipinski definition) is 5.